The SMILES string of the molecule is CCCOc1ccc2c(c1F)-c1c(Cl)c(F)cc3c1[C@H](C2)C(c1ccccc1)O3. The summed E-state index contributed by atoms with van der Waals surface area (Å²) in [6.07, 6.45) is 1.08. The molecule has 2 aliphatic rings. The van der Waals surface area contributed by atoms with Crippen LogP contribution in [0.2, 0.25) is 5.02 Å². The molecule has 0 saturated carbocycles. The van der Waals surface area contributed by atoms with Gasteiger partial charge in [-0.15, -0.1) is 0 Å². The van der Waals surface area contributed by atoms with Gasteiger partial charge in [0.05, 0.1) is 11.6 Å². The molecule has 29 heavy (non-hydrogen) atoms. The highest BCUT2D eigenvalue weighted by atomic mass is 35.5. The van der Waals surface area contributed by atoms with E-state index < -0.39 is 11.6 Å². The van der Waals surface area contributed by atoms with E-state index in [-0.39, 0.29) is 22.8 Å². The third kappa shape index (κ3) is 2.81. The molecule has 0 radical (unpaired) electrons. The van der Waals surface area contributed by atoms with Gasteiger partial charge in [0.15, 0.2) is 11.6 Å². The zero-order valence-electron chi connectivity index (χ0n) is 15.8. The summed E-state index contributed by atoms with van der Waals surface area (Å²) in [7, 11) is 0. The second kappa shape index (κ2) is 7.03. The van der Waals surface area contributed by atoms with E-state index in [1.807, 2.05) is 43.3 Å². The molecule has 0 spiro atoms. The van der Waals surface area contributed by atoms with Gasteiger partial charge < -0.3 is 9.47 Å². The summed E-state index contributed by atoms with van der Waals surface area (Å²) in [6.45, 7) is 2.37. The van der Waals surface area contributed by atoms with Crippen molar-refractivity contribution in [3.8, 4) is 22.6 Å². The van der Waals surface area contributed by atoms with Crippen molar-refractivity contribution in [2.75, 3.05) is 6.61 Å². The minimum atomic E-state index is -0.611. The zero-order valence-corrected chi connectivity index (χ0v) is 16.6. The first-order valence-corrected chi connectivity index (χ1v) is 10.2. The molecule has 1 aliphatic heterocycles. The van der Waals surface area contributed by atoms with Crippen LogP contribution in [0, 0.1) is 11.6 Å². The van der Waals surface area contributed by atoms with Gasteiger partial charge in [0.25, 0.3) is 0 Å². The molecule has 2 atom stereocenters. The molecule has 5 heteroatoms. The largest absolute Gasteiger partial charge is 0.491 e. The molecule has 2 nitrogen and oxygen atoms in total. The van der Waals surface area contributed by atoms with Gasteiger partial charge in [0.1, 0.15) is 17.7 Å². The molecule has 0 amide bonds. The molecule has 5 rings (SSSR count). The Balaban J connectivity index is 1.71. The van der Waals surface area contributed by atoms with E-state index in [0.29, 0.717) is 29.9 Å². The lowest BCUT2D eigenvalue weighted by Crippen LogP contribution is -2.17. The van der Waals surface area contributed by atoms with Crippen LogP contribution in [-0.4, -0.2) is 6.61 Å². The summed E-state index contributed by atoms with van der Waals surface area (Å²) < 4.78 is 41.8. The van der Waals surface area contributed by atoms with Crippen LogP contribution < -0.4 is 9.47 Å². The number of hydrogen-bond acceptors (Lipinski definition) is 2. The van der Waals surface area contributed by atoms with Crippen LogP contribution >= 0.6 is 11.6 Å². The molecule has 148 valence electrons. The molecule has 1 aliphatic carbocycles. The first-order chi connectivity index (χ1) is 14.1. The van der Waals surface area contributed by atoms with E-state index in [1.54, 1.807) is 6.07 Å². The number of fused-ring (bicyclic) bond motifs is 2. The third-order valence-corrected chi connectivity index (χ3v) is 6.05. The van der Waals surface area contributed by atoms with Gasteiger partial charge in [-0.25, -0.2) is 8.78 Å². The highest BCUT2D eigenvalue weighted by molar-refractivity contribution is 6.34. The molecule has 1 heterocycles. The first kappa shape index (κ1) is 18.4. The number of halogens is 3. The Bertz CT molecular complexity index is 1100. The van der Waals surface area contributed by atoms with Gasteiger partial charge in [0, 0.05) is 28.7 Å². The van der Waals surface area contributed by atoms with E-state index in [4.69, 9.17) is 21.1 Å². The second-order valence-electron chi connectivity index (χ2n) is 7.48. The molecule has 0 bridgehead atoms. The van der Waals surface area contributed by atoms with Gasteiger partial charge >= 0.3 is 0 Å². The molecule has 3 aromatic rings. The Kier molecular flexibility index (Phi) is 4.47. The lowest BCUT2D eigenvalue weighted by Gasteiger charge is -2.28. The van der Waals surface area contributed by atoms with Crippen LogP contribution in [0.4, 0.5) is 8.78 Å². The molecule has 3 aromatic carbocycles. The van der Waals surface area contributed by atoms with Crippen LogP contribution in [0.15, 0.2) is 48.5 Å². The maximum Gasteiger partial charge on any atom is 0.173 e. The molecule has 0 N–H and O–H groups in total. The van der Waals surface area contributed by atoms with E-state index in [1.165, 1.54) is 6.07 Å². The summed E-state index contributed by atoms with van der Waals surface area (Å²) in [5.41, 5.74) is 3.29. The van der Waals surface area contributed by atoms with Gasteiger partial charge in [-0.1, -0.05) is 54.9 Å². The zero-order chi connectivity index (χ0) is 20.1. The van der Waals surface area contributed by atoms with Crippen molar-refractivity contribution in [3.63, 3.8) is 0 Å². The summed E-state index contributed by atoms with van der Waals surface area (Å²) in [4.78, 5) is 0. The highest BCUT2D eigenvalue weighted by Gasteiger charge is 2.43. The fraction of sp³-hybridized carbons (Fsp3) is 0.250. The second-order valence-corrected chi connectivity index (χ2v) is 7.86. The lowest BCUT2D eigenvalue weighted by molar-refractivity contribution is 0.208. The fourth-order valence-corrected chi connectivity index (χ4v) is 4.70. The Hall–Kier alpha value is -2.59. The van der Waals surface area contributed by atoms with Crippen molar-refractivity contribution in [2.45, 2.75) is 31.8 Å². The monoisotopic (exact) mass is 412 g/mol. The van der Waals surface area contributed by atoms with E-state index in [0.717, 1.165) is 23.1 Å². The summed E-state index contributed by atoms with van der Waals surface area (Å²) in [6, 6.07) is 14.6. The van der Waals surface area contributed by atoms with Crippen LogP contribution in [0.5, 0.6) is 11.5 Å². The molecule has 0 fully saturated rings. The van der Waals surface area contributed by atoms with E-state index in [2.05, 4.69) is 0 Å². The predicted molar refractivity (Wildman–Crippen MR) is 109 cm³/mol. The lowest BCUT2D eigenvalue weighted by atomic mass is 9.75. The fourth-order valence-electron chi connectivity index (χ4n) is 4.45. The molecule has 0 saturated heterocycles. The Morgan fingerprint density at radius 3 is 2.66 bits per heavy atom. The Morgan fingerprint density at radius 2 is 1.90 bits per heavy atom. The first-order valence-electron chi connectivity index (χ1n) is 9.78. The summed E-state index contributed by atoms with van der Waals surface area (Å²) >= 11 is 6.39. The van der Waals surface area contributed by atoms with Gasteiger partial charge in [-0.05, 0) is 30.0 Å². The predicted octanol–water partition coefficient (Wildman–Crippen LogP) is 6.85. The normalized spacial score (nSPS) is 18.8. The smallest absolute Gasteiger partial charge is 0.173 e. The number of ether oxygens (including phenoxy) is 2. The minimum Gasteiger partial charge on any atom is -0.491 e. The maximum atomic E-state index is 15.4. The molecular formula is C24H19ClF2O2. The van der Waals surface area contributed by atoms with Crippen molar-refractivity contribution >= 4 is 11.6 Å². The van der Waals surface area contributed by atoms with Crippen LogP contribution in [0.25, 0.3) is 11.1 Å². The minimum absolute atomic E-state index is 0.0604. The Morgan fingerprint density at radius 1 is 1.10 bits per heavy atom. The number of rotatable bonds is 4. The summed E-state index contributed by atoms with van der Waals surface area (Å²) in [5, 5.41) is -0.0708. The van der Waals surface area contributed by atoms with Crippen molar-refractivity contribution < 1.29 is 18.3 Å². The Labute approximate surface area is 173 Å². The van der Waals surface area contributed by atoms with Crippen LogP contribution in [0.3, 0.4) is 0 Å². The maximum absolute atomic E-state index is 15.4. The third-order valence-electron chi connectivity index (χ3n) is 5.68. The number of benzene rings is 3. The standard InChI is InChI=1S/C24H19ClF2O2/c1-2-10-28-17-9-8-14-11-15-20-18(29-24(15)13-6-4-3-5-7-13)12-16(26)22(25)21(20)19(14)23(17)27/h3-9,12,15,24H,2,10-11H2,1H3/t15-,24?/m0/s1. The quantitative estimate of drug-likeness (QED) is 0.466. The van der Waals surface area contributed by atoms with Crippen molar-refractivity contribution in [3.05, 3.63) is 81.9 Å². The summed E-state index contributed by atoms with van der Waals surface area (Å²) in [5.74, 6) is -0.565. The van der Waals surface area contributed by atoms with Crippen molar-refractivity contribution in [1.82, 2.24) is 0 Å². The van der Waals surface area contributed by atoms with Crippen molar-refractivity contribution in [2.24, 2.45) is 0 Å². The van der Waals surface area contributed by atoms with Gasteiger partial charge in [0.2, 0.25) is 0 Å². The van der Waals surface area contributed by atoms with Crippen LogP contribution in [0.1, 0.15) is 42.1 Å². The highest BCUT2D eigenvalue weighted by Crippen LogP contribution is 2.58. The molecule has 0 aromatic heterocycles. The van der Waals surface area contributed by atoms with Crippen molar-refractivity contribution in [1.29, 1.82) is 0 Å². The molecule has 1 unspecified atom stereocenters. The van der Waals surface area contributed by atoms with Gasteiger partial charge in [-0.3, -0.25) is 0 Å². The average Bonchev–Trinajstić information content (AvgIpc) is 3.09. The van der Waals surface area contributed by atoms with E-state index >= 15 is 4.39 Å². The van der Waals surface area contributed by atoms with Gasteiger partial charge in [-0.2, -0.15) is 0 Å². The molecular weight excluding hydrogens is 394 g/mol. The van der Waals surface area contributed by atoms with E-state index in [9.17, 15) is 4.39 Å². The number of hydrogen-bond donors (Lipinski definition) is 0. The van der Waals surface area contributed by atoms with Crippen LogP contribution in [-0.2, 0) is 6.42 Å². The average molecular weight is 413 g/mol. The topological polar surface area (TPSA) is 18.5 Å².